The molecule has 0 aromatic carbocycles. The summed E-state index contributed by atoms with van der Waals surface area (Å²) in [6, 6.07) is 5.40. The van der Waals surface area contributed by atoms with E-state index in [-0.39, 0.29) is 11.8 Å². The minimum Gasteiger partial charge on any atom is -0.285 e. The van der Waals surface area contributed by atoms with Crippen molar-refractivity contribution in [3.05, 3.63) is 46.5 Å². The zero-order valence-electron chi connectivity index (χ0n) is 10.5. The Balaban J connectivity index is 2.49. The first-order valence-corrected chi connectivity index (χ1v) is 6.10. The molecule has 18 heavy (non-hydrogen) atoms. The van der Waals surface area contributed by atoms with Crippen LogP contribution in [0.15, 0.2) is 24.4 Å². The second kappa shape index (κ2) is 4.90. The highest BCUT2D eigenvalue weighted by atomic mass is 35.5. The molecule has 0 amide bonds. The predicted molar refractivity (Wildman–Crippen MR) is 70.0 cm³/mol. The van der Waals surface area contributed by atoms with Gasteiger partial charge in [-0.2, -0.15) is 5.10 Å². The molecule has 94 valence electrons. The summed E-state index contributed by atoms with van der Waals surface area (Å²) in [5.74, 6) is -0.199. The second-order valence-electron chi connectivity index (χ2n) is 4.37. The Bertz CT molecular complexity index is 590. The van der Waals surface area contributed by atoms with E-state index in [1.54, 1.807) is 16.8 Å². The first-order chi connectivity index (χ1) is 8.50. The minimum atomic E-state index is -0.199. The molecule has 0 unspecified atom stereocenters. The second-order valence-corrected chi connectivity index (χ2v) is 4.78. The molecular formula is C13H14ClN3O. The summed E-state index contributed by atoms with van der Waals surface area (Å²) < 4.78 is 1.62. The summed E-state index contributed by atoms with van der Waals surface area (Å²) in [5.41, 5.74) is 1.58. The van der Waals surface area contributed by atoms with Gasteiger partial charge < -0.3 is 0 Å². The predicted octanol–water partition coefficient (Wildman–Crippen LogP) is 3.05. The van der Waals surface area contributed by atoms with Crippen LogP contribution in [0.1, 0.15) is 41.8 Å². The van der Waals surface area contributed by atoms with Gasteiger partial charge in [-0.05, 0) is 32.9 Å². The van der Waals surface area contributed by atoms with Gasteiger partial charge in [0.15, 0.2) is 0 Å². The summed E-state index contributed by atoms with van der Waals surface area (Å²) >= 11 is 6.04. The molecule has 0 spiro atoms. The normalized spacial score (nSPS) is 10.9. The minimum absolute atomic E-state index is 0.0706. The van der Waals surface area contributed by atoms with Gasteiger partial charge in [0, 0.05) is 11.7 Å². The summed E-state index contributed by atoms with van der Waals surface area (Å²) in [6.45, 7) is 5.74. The lowest BCUT2D eigenvalue weighted by molar-refractivity contribution is 0.102. The fraction of sp³-hybridized carbons (Fsp3) is 0.308. The fourth-order valence-corrected chi connectivity index (χ4v) is 1.95. The van der Waals surface area contributed by atoms with E-state index in [2.05, 4.69) is 10.1 Å². The lowest BCUT2D eigenvalue weighted by Crippen LogP contribution is -2.15. The molecule has 2 rings (SSSR count). The first-order valence-electron chi connectivity index (χ1n) is 5.72. The van der Waals surface area contributed by atoms with Gasteiger partial charge in [-0.25, -0.2) is 4.98 Å². The van der Waals surface area contributed by atoms with E-state index in [4.69, 9.17) is 11.6 Å². The van der Waals surface area contributed by atoms with E-state index < -0.39 is 0 Å². The Morgan fingerprint density at radius 2 is 2.11 bits per heavy atom. The van der Waals surface area contributed by atoms with Crippen LogP contribution < -0.4 is 0 Å². The Morgan fingerprint density at radius 1 is 1.39 bits per heavy atom. The zero-order chi connectivity index (χ0) is 13.3. The maximum Gasteiger partial charge on any atom is 0.230 e. The lowest BCUT2D eigenvalue weighted by Gasteiger charge is -2.10. The third kappa shape index (κ3) is 2.29. The first kappa shape index (κ1) is 12.8. The molecule has 0 aliphatic heterocycles. The van der Waals surface area contributed by atoms with Gasteiger partial charge in [0.25, 0.3) is 0 Å². The van der Waals surface area contributed by atoms with Crippen molar-refractivity contribution in [2.45, 2.75) is 26.8 Å². The summed E-state index contributed by atoms with van der Waals surface area (Å²) in [4.78, 5) is 16.6. The molecule has 2 aromatic heterocycles. The van der Waals surface area contributed by atoms with Crippen molar-refractivity contribution in [1.29, 1.82) is 0 Å². The van der Waals surface area contributed by atoms with Crippen LogP contribution in [0.25, 0.3) is 0 Å². The zero-order valence-corrected chi connectivity index (χ0v) is 11.3. The SMILES string of the molecule is Cc1cccc(C(=O)c2c(Cl)cnn2C(C)C)n1. The molecule has 5 heteroatoms. The molecule has 0 N–H and O–H groups in total. The Hall–Kier alpha value is -1.68. The standard InChI is InChI=1S/C13H14ClN3O/c1-8(2)17-12(10(14)7-15-17)13(18)11-6-4-5-9(3)16-11/h4-8H,1-3H3. The van der Waals surface area contributed by atoms with Crippen molar-refractivity contribution >= 4 is 17.4 Å². The van der Waals surface area contributed by atoms with Gasteiger partial charge in [0.2, 0.25) is 5.78 Å². The number of hydrogen-bond acceptors (Lipinski definition) is 3. The van der Waals surface area contributed by atoms with Crippen LogP contribution in [0.4, 0.5) is 0 Å². The molecule has 0 saturated heterocycles. The largest absolute Gasteiger partial charge is 0.285 e. The molecule has 0 atom stereocenters. The van der Waals surface area contributed by atoms with E-state index in [0.717, 1.165) is 5.69 Å². The van der Waals surface area contributed by atoms with Gasteiger partial charge in [0.1, 0.15) is 11.4 Å². The lowest BCUT2D eigenvalue weighted by atomic mass is 10.1. The maximum absolute atomic E-state index is 12.4. The van der Waals surface area contributed by atoms with Crippen LogP contribution in [-0.2, 0) is 0 Å². The fourth-order valence-electron chi connectivity index (χ4n) is 1.74. The number of aromatic nitrogens is 3. The molecule has 0 aliphatic carbocycles. The van der Waals surface area contributed by atoms with Crippen LogP contribution in [0, 0.1) is 6.92 Å². The van der Waals surface area contributed by atoms with E-state index in [9.17, 15) is 4.79 Å². The van der Waals surface area contributed by atoms with Crippen molar-refractivity contribution in [2.24, 2.45) is 0 Å². The number of carbonyl (C=O) groups is 1. The summed E-state index contributed by atoms with van der Waals surface area (Å²) in [7, 11) is 0. The molecular weight excluding hydrogens is 250 g/mol. The van der Waals surface area contributed by atoms with Gasteiger partial charge in [-0.3, -0.25) is 9.48 Å². The number of halogens is 1. The van der Waals surface area contributed by atoms with Crippen molar-refractivity contribution in [3.63, 3.8) is 0 Å². The molecule has 2 heterocycles. The number of ketones is 1. The number of aryl methyl sites for hydroxylation is 1. The summed E-state index contributed by atoms with van der Waals surface area (Å²) in [6.07, 6.45) is 1.49. The smallest absolute Gasteiger partial charge is 0.230 e. The summed E-state index contributed by atoms with van der Waals surface area (Å²) in [5, 5.41) is 4.48. The van der Waals surface area contributed by atoms with Crippen molar-refractivity contribution in [2.75, 3.05) is 0 Å². The Morgan fingerprint density at radius 3 is 2.72 bits per heavy atom. The van der Waals surface area contributed by atoms with E-state index in [1.165, 1.54) is 6.20 Å². The van der Waals surface area contributed by atoms with Crippen LogP contribution in [0.5, 0.6) is 0 Å². The van der Waals surface area contributed by atoms with Gasteiger partial charge in [-0.15, -0.1) is 0 Å². The van der Waals surface area contributed by atoms with E-state index in [1.807, 2.05) is 26.8 Å². The molecule has 2 aromatic rings. The topological polar surface area (TPSA) is 47.8 Å². The molecule has 0 radical (unpaired) electrons. The molecule has 0 saturated carbocycles. The van der Waals surface area contributed by atoms with Crippen molar-refractivity contribution in [3.8, 4) is 0 Å². The van der Waals surface area contributed by atoms with Gasteiger partial charge in [0.05, 0.1) is 11.2 Å². The molecule has 0 fully saturated rings. The number of nitrogens with zero attached hydrogens (tertiary/aromatic N) is 3. The number of rotatable bonds is 3. The van der Waals surface area contributed by atoms with Crippen molar-refractivity contribution < 1.29 is 4.79 Å². The van der Waals surface area contributed by atoms with E-state index >= 15 is 0 Å². The number of hydrogen-bond donors (Lipinski definition) is 0. The third-order valence-electron chi connectivity index (χ3n) is 2.58. The quantitative estimate of drug-likeness (QED) is 0.800. The van der Waals surface area contributed by atoms with Crippen LogP contribution in [0.2, 0.25) is 5.02 Å². The van der Waals surface area contributed by atoms with Crippen LogP contribution >= 0.6 is 11.6 Å². The van der Waals surface area contributed by atoms with E-state index in [0.29, 0.717) is 16.4 Å². The highest BCUT2D eigenvalue weighted by molar-refractivity contribution is 6.34. The third-order valence-corrected chi connectivity index (χ3v) is 2.85. The van der Waals surface area contributed by atoms with Crippen molar-refractivity contribution in [1.82, 2.24) is 14.8 Å². The van der Waals surface area contributed by atoms with Gasteiger partial charge >= 0.3 is 0 Å². The monoisotopic (exact) mass is 263 g/mol. The van der Waals surface area contributed by atoms with Gasteiger partial charge in [-0.1, -0.05) is 17.7 Å². The molecule has 0 bridgehead atoms. The highest BCUT2D eigenvalue weighted by Gasteiger charge is 2.21. The van der Waals surface area contributed by atoms with Crippen LogP contribution in [0.3, 0.4) is 0 Å². The highest BCUT2D eigenvalue weighted by Crippen LogP contribution is 2.21. The average molecular weight is 264 g/mol. The maximum atomic E-state index is 12.4. The number of pyridine rings is 1. The molecule has 0 aliphatic rings. The Kier molecular flexibility index (Phi) is 3.48. The average Bonchev–Trinajstić information content (AvgIpc) is 2.70. The van der Waals surface area contributed by atoms with Crippen LogP contribution in [-0.4, -0.2) is 20.5 Å². The molecule has 4 nitrogen and oxygen atoms in total. The number of carbonyl (C=O) groups excluding carboxylic acids is 1. The Labute approximate surface area is 111 Å².